The predicted molar refractivity (Wildman–Crippen MR) is 106 cm³/mol. The second-order valence-electron chi connectivity index (χ2n) is 7.38. The summed E-state index contributed by atoms with van der Waals surface area (Å²) < 4.78 is 0. The van der Waals surface area contributed by atoms with Crippen LogP contribution >= 0.6 is 0 Å². The average Bonchev–Trinajstić information content (AvgIpc) is 2.69. The van der Waals surface area contributed by atoms with Gasteiger partial charge in [-0.3, -0.25) is 9.59 Å². The number of hydrogen-bond donors (Lipinski definition) is 2. The first-order chi connectivity index (χ1) is 13.0. The third-order valence-corrected chi connectivity index (χ3v) is 5.47. The van der Waals surface area contributed by atoms with Gasteiger partial charge in [-0.25, -0.2) is 4.99 Å². The van der Waals surface area contributed by atoms with E-state index in [0.29, 0.717) is 26.2 Å². The number of benzene rings is 1. The van der Waals surface area contributed by atoms with Gasteiger partial charge in [0.2, 0.25) is 5.91 Å². The number of carbonyl (C=O) groups excluding carboxylic acids is 2. The molecule has 27 heavy (non-hydrogen) atoms. The first-order valence-corrected chi connectivity index (χ1v) is 9.72. The molecule has 0 unspecified atom stereocenters. The number of amides is 2. The number of guanidine groups is 1. The van der Waals surface area contributed by atoms with Crippen molar-refractivity contribution in [2.45, 2.75) is 44.6 Å². The number of carbonyl (C=O) groups is 2. The van der Waals surface area contributed by atoms with Crippen LogP contribution in [0.3, 0.4) is 0 Å². The largest absolute Gasteiger partial charge is 0.370 e. The highest BCUT2D eigenvalue weighted by Gasteiger charge is 2.43. The number of piperazine rings is 1. The Morgan fingerprint density at radius 2 is 1.59 bits per heavy atom. The zero-order valence-electron chi connectivity index (χ0n) is 16.0. The summed E-state index contributed by atoms with van der Waals surface area (Å²) in [5.41, 5.74) is 6.23. The molecule has 0 atom stereocenters. The third-order valence-electron chi connectivity index (χ3n) is 5.47. The van der Waals surface area contributed by atoms with Gasteiger partial charge in [-0.2, -0.15) is 0 Å². The van der Waals surface area contributed by atoms with Crippen LogP contribution in [0, 0.1) is 0 Å². The highest BCUT2D eigenvalue weighted by Crippen LogP contribution is 2.34. The Kier molecular flexibility index (Phi) is 5.98. The number of rotatable bonds is 3. The predicted octanol–water partition coefficient (Wildman–Crippen LogP) is 1.81. The summed E-state index contributed by atoms with van der Waals surface area (Å²) in [5.74, 6) is 0.380. The Morgan fingerprint density at radius 3 is 2.19 bits per heavy atom. The number of aliphatic imine (C=N–C) groups is 1. The zero-order valence-corrected chi connectivity index (χ0v) is 16.0. The van der Waals surface area contributed by atoms with Crippen LogP contribution in [-0.2, 0) is 9.59 Å². The first-order valence-electron chi connectivity index (χ1n) is 9.72. The van der Waals surface area contributed by atoms with Gasteiger partial charge in [0.1, 0.15) is 5.54 Å². The van der Waals surface area contributed by atoms with Crippen LogP contribution in [0.4, 0.5) is 5.69 Å². The molecule has 1 aliphatic heterocycles. The van der Waals surface area contributed by atoms with Gasteiger partial charge in [0.05, 0.1) is 0 Å². The van der Waals surface area contributed by atoms with Gasteiger partial charge in [0.25, 0.3) is 5.91 Å². The van der Waals surface area contributed by atoms with Crippen molar-refractivity contribution in [3.63, 3.8) is 0 Å². The van der Waals surface area contributed by atoms with E-state index in [-0.39, 0.29) is 17.8 Å². The molecule has 0 aromatic heterocycles. The Balaban J connectivity index is 1.75. The molecule has 3 N–H and O–H groups in total. The minimum absolute atomic E-state index is 0.0446. The summed E-state index contributed by atoms with van der Waals surface area (Å²) in [6, 6.07) is 9.61. The van der Waals surface area contributed by atoms with E-state index in [0.717, 1.165) is 37.8 Å². The summed E-state index contributed by atoms with van der Waals surface area (Å²) >= 11 is 0. The minimum atomic E-state index is -0.789. The maximum absolute atomic E-state index is 13.4. The van der Waals surface area contributed by atoms with E-state index >= 15 is 0 Å². The van der Waals surface area contributed by atoms with Crippen molar-refractivity contribution in [1.29, 1.82) is 0 Å². The summed E-state index contributed by atoms with van der Waals surface area (Å²) in [4.78, 5) is 33.2. The van der Waals surface area contributed by atoms with Crippen LogP contribution in [0.15, 0.2) is 35.3 Å². The monoisotopic (exact) mass is 371 g/mol. The van der Waals surface area contributed by atoms with Crippen molar-refractivity contribution >= 4 is 23.5 Å². The lowest BCUT2D eigenvalue weighted by Gasteiger charge is -2.41. The lowest BCUT2D eigenvalue weighted by molar-refractivity contribution is -0.143. The van der Waals surface area contributed by atoms with Gasteiger partial charge in [-0.15, -0.1) is 0 Å². The molecule has 2 aliphatic rings. The number of para-hydroxylation sites is 1. The summed E-state index contributed by atoms with van der Waals surface area (Å²) in [6.07, 6.45) is 4.50. The van der Waals surface area contributed by atoms with E-state index in [9.17, 15) is 9.59 Å². The lowest BCUT2D eigenvalue weighted by atomic mass is 9.81. The Labute approximate surface area is 160 Å². The van der Waals surface area contributed by atoms with Crippen LogP contribution in [0.5, 0.6) is 0 Å². The molecule has 1 saturated heterocycles. The number of nitrogens with two attached hydrogens (primary N) is 1. The molecule has 1 aromatic carbocycles. The normalized spacial score (nSPS) is 20.3. The Hall–Kier alpha value is -2.57. The lowest BCUT2D eigenvalue weighted by Crippen LogP contribution is -2.56. The molecule has 1 saturated carbocycles. The van der Waals surface area contributed by atoms with E-state index in [1.165, 1.54) is 0 Å². The van der Waals surface area contributed by atoms with Crippen LogP contribution in [0.2, 0.25) is 0 Å². The molecule has 146 valence electrons. The van der Waals surface area contributed by atoms with Crippen LogP contribution < -0.4 is 11.1 Å². The Morgan fingerprint density at radius 1 is 1.00 bits per heavy atom. The molecule has 0 radical (unpaired) electrons. The van der Waals surface area contributed by atoms with Crippen molar-refractivity contribution in [2.24, 2.45) is 10.7 Å². The van der Waals surface area contributed by atoms with E-state index in [1.807, 2.05) is 35.2 Å². The molecule has 1 aromatic rings. The van der Waals surface area contributed by atoms with Crippen molar-refractivity contribution < 1.29 is 9.59 Å². The smallest absolute Gasteiger partial charge is 0.250 e. The van der Waals surface area contributed by atoms with Gasteiger partial charge >= 0.3 is 0 Å². The fraction of sp³-hybridized carbons (Fsp3) is 0.550. The highest BCUT2D eigenvalue weighted by molar-refractivity contribution is 5.96. The maximum atomic E-state index is 13.4. The fourth-order valence-corrected chi connectivity index (χ4v) is 3.96. The molecule has 7 nitrogen and oxygen atoms in total. The molecular formula is C20H29N5O2. The van der Waals surface area contributed by atoms with Gasteiger partial charge in [-0.1, -0.05) is 37.5 Å². The molecule has 7 heteroatoms. The minimum Gasteiger partial charge on any atom is -0.370 e. The van der Waals surface area contributed by atoms with E-state index < -0.39 is 5.54 Å². The molecule has 2 amide bonds. The van der Waals surface area contributed by atoms with Gasteiger partial charge < -0.3 is 20.9 Å². The zero-order chi connectivity index (χ0) is 19.3. The quantitative estimate of drug-likeness (QED) is 0.626. The summed E-state index contributed by atoms with van der Waals surface area (Å²) in [6.45, 7) is 3.85. The average molecular weight is 371 g/mol. The molecule has 2 fully saturated rings. The second kappa shape index (κ2) is 8.41. The number of nitrogens with zero attached hydrogens (tertiary/aromatic N) is 3. The van der Waals surface area contributed by atoms with E-state index in [1.54, 1.807) is 11.8 Å². The molecule has 0 spiro atoms. The van der Waals surface area contributed by atoms with Crippen molar-refractivity contribution in [2.75, 3.05) is 31.5 Å². The third kappa shape index (κ3) is 4.59. The molecule has 1 aliphatic carbocycles. The maximum Gasteiger partial charge on any atom is 0.250 e. The van der Waals surface area contributed by atoms with E-state index in [2.05, 4.69) is 5.32 Å². The molecule has 0 bridgehead atoms. The topological polar surface area (TPSA) is 91.0 Å². The standard InChI is InChI=1S/C20H29N5O2/c1-16(26)24-12-14-25(15-13-24)18(27)20(10-6-3-7-11-20)23-19(21)22-17-8-4-2-5-9-17/h2,4-5,8-9H,3,6-7,10-15H2,1H3,(H3,21,22,23). The molecule has 1 heterocycles. The van der Waals surface area contributed by atoms with Crippen molar-refractivity contribution in [1.82, 2.24) is 9.80 Å². The number of nitrogens with one attached hydrogen (secondary N) is 1. The second-order valence-corrected chi connectivity index (χ2v) is 7.38. The van der Waals surface area contributed by atoms with Crippen LogP contribution in [0.25, 0.3) is 0 Å². The number of anilines is 1. The summed E-state index contributed by atoms with van der Waals surface area (Å²) in [5, 5.41) is 3.10. The molecule has 3 rings (SSSR count). The van der Waals surface area contributed by atoms with Crippen molar-refractivity contribution in [3.8, 4) is 0 Å². The van der Waals surface area contributed by atoms with Crippen LogP contribution in [-0.4, -0.2) is 59.3 Å². The number of hydrogen-bond acceptors (Lipinski definition) is 3. The van der Waals surface area contributed by atoms with Gasteiger partial charge in [0, 0.05) is 38.8 Å². The van der Waals surface area contributed by atoms with Crippen molar-refractivity contribution in [3.05, 3.63) is 30.3 Å². The SMILES string of the molecule is CC(=O)N1CCN(C(=O)C2(N=C(N)Nc3ccccc3)CCCCC2)CC1. The fourth-order valence-electron chi connectivity index (χ4n) is 3.96. The van der Waals surface area contributed by atoms with E-state index in [4.69, 9.17) is 10.7 Å². The first kappa shape index (κ1) is 19.2. The highest BCUT2D eigenvalue weighted by atomic mass is 16.2. The molecular weight excluding hydrogens is 342 g/mol. The Bertz CT molecular complexity index is 690. The van der Waals surface area contributed by atoms with Crippen LogP contribution in [0.1, 0.15) is 39.0 Å². The van der Waals surface area contributed by atoms with Gasteiger partial charge in [-0.05, 0) is 25.0 Å². The summed E-state index contributed by atoms with van der Waals surface area (Å²) in [7, 11) is 0. The van der Waals surface area contributed by atoms with Gasteiger partial charge in [0.15, 0.2) is 5.96 Å².